The minimum atomic E-state index is -0.285. The van der Waals surface area contributed by atoms with Gasteiger partial charge < -0.3 is 16.2 Å². The second-order valence-corrected chi connectivity index (χ2v) is 5.34. The van der Waals surface area contributed by atoms with Gasteiger partial charge in [-0.1, -0.05) is 29.3 Å². The van der Waals surface area contributed by atoms with Crippen molar-refractivity contribution in [1.29, 1.82) is 0 Å². The first kappa shape index (κ1) is 13.1. The highest BCUT2D eigenvalue weighted by Crippen LogP contribution is 2.38. The fourth-order valence-corrected chi connectivity index (χ4v) is 2.83. The zero-order valence-electron chi connectivity index (χ0n) is 10.2. The molecule has 0 saturated carbocycles. The van der Waals surface area contributed by atoms with Gasteiger partial charge in [-0.05, 0) is 34.9 Å². The lowest BCUT2D eigenvalue weighted by Crippen LogP contribution is -2.12. The molecule has 4 N–H and O–H groups in total. The van der Waals surface area contributed by atoms with Crippen LogP contribution < -0.4 is 11.1 Å². The van der Waals surface area contributed by atoms with Crippen LogP contribution in [0.5, 0.6) is 5.75 Å². The van der Waals surface area contributed by atoms with Gasteiger partial charge in [0.15, 0.2) is 0 Å². The van der Waals surface area contributed by atoms with E-state index < -0.39 is 0 Å². The topological polar surface area (TPSA) is 75.3 Å². The number of fused-ring (bicyclic) bond motifs is 1. The number of benzene rings is 2. The molecule has 0 fully saturated rings. The molecule has 0 spiro atoms. The number of anilines is 1. The van der Waals surface area contributed by atoms with Gasteiger partial charge in [0.05, 0.1) is 21.3 Å². The quantitative estimate of drug-likeness (QED) is 0.708. The first-order valence-corrected chi connectivity index (χ1v) is 6.62. The molecule has 1 aliphatic rings. The van der Waals surface area contributed by atoms with Crippen LogP contribution in [0.4, 0.5) is 5.69 Å². The molecule has 1 amide bonds. The van der Waals surface area contributed by atoms with Crippen molar-refractivity contribution >= 4 is 34.8 Å². The van der Waals surface area contributed by atoms with Crippen LogP contribution in [0.15, 0.2) is 24.3 Å². The van der Waals surface area contributed by atoms with E-state index in [0.717, 1.165) is 16.7 Å². The van der Waals surface area contributed by atoms with Gasteiger partial charge in [0.25, 0.3) is 5.91 Å². The zero-order valence-corrected chi connectivity index (χ0v) is 11.7. The maximum absolute atomic E-state index is 11.7. The second kappa shape index (κ2) is 4.58. The SMILES string of the molecule is Nc1c(Cl)cc(-c2ccc(O)c3c2CNC3=O)cc1Cl. The van der Waals surface area contributed by atoms with E-state index in [1.165, 1.54) is 6.07 Å². The van der Waals surface area contributed by atoms with Crippen LogP contribution >= 0.6 is 23.2 Å². The molecular formula is C14H10Cl2N2O2. The molecule has 0 aromatic heterocycles. The summed E-state index contributed by atoms with van der Waals surface area (Å²) in [5, 5.41) is 13.2. The van der Waals surface area contributed by atoms with Gasteiger partial charge in [0, 0.05) is 6.54 Å². The van der Waals surface area contributed by atoms with Crippen LogP contribution in [0.2, 0.25) is 10.0 Å². The van der Waals surface area contributed by atoms with E-state index in [1.807, 2.05) is 0 Å². The van der Waals surface area contributed by atoms with Crippen molar-refractivity contribution in [3.8, 4) is 16.9 Å². The number of nitrogen functional groups attached to an aromatic ring is 1. The summed E-state index contributed by atoms with van der Waals surface area (Å²) >= 11 is 12.1. The molecule has 102 valence electrons. The van der Waals surface area contributed by atoms with Crippen molar-refractivity contribution in [1.82, 2.24) is 5.32 Å². The minimum absolute atomic E-state index is 0.0358. The largest absolute Gasteiger partial charge is 0.507 e. The summed E-state index contributed by atoms with van der Waals surface area (Å²) in [6, 6.07) is 6.60. The van der Waals surface area contributed by atoms with Crippen LogP contribution in [0.3, 0.4) is 0 Å². The van der Waals surface area contributed by atoms with Crippen molar-refractivity contribution in [2.45, 2.75) is 6.54 Å². The van der Waals surface area contributed by atoms with Gasteiger partial charge in [-0.25, -0.2) is 0 Å². The Morgan fingerprint density at radius 1 is 1.20 bits per heavy atom. The maximum atomic E-state index is 11.7. The standard InChI is InChI=1S/C14H10Cl2N2O2/c15-9-3-6(4-10(16)13(9)17)7-1-2-11(19)12-8(7)5-18-14(12)20/h1-4,19H,5,17H2,(H,18,20). The molecule has 4 nitrogen and oxygen atoms in total. The normalized spacial score (nSPS) is 13.2. The summed E-state index contributed by atoms with van der Waals surface area (Å²) in [6.07, 6.45) is 0. The van der Waals surface area contributed by atoms with Crippen LogP contribution in [0, 0.1) is 0 Å². The second-order valence-electron chi connectivity index (χ2n) is 4.52. The molecule has 1 heterocycles. The molecule has 20 heavy (non-hydrogen) atoms. The van der Waals surface area contributed by atoms with E-state index in [4.69, 9.17) is 28.9 Å². The van der Waals surface area contributed by atoms with Gasteiger partial charge in [-0.2, -0.15) is 0 Å². The Morgan fingerprint density at radius 3 is 2.50 bits per heavy atom. The summed E-state index contributed by atoms with van der Waals surface area (Å²) in [7, 11) is 0. The average molecular weight is 309 g/mol. The number of hydrogen-bond donors (Lipinski definition) is 3. The monoisotopic (exact) mass is 308 g/mol. The minimum Gasteiger partial charge on any atom is -0.507 e. The number of amides is 1. The summed E-state index contributed by atoms with van der Waals surface area (Å²) in [5.41, 5.74) is 8.61. The Morgan fingerprint density at radius 2 is 1.85 bits per heavy atom. The van der Waals surface area contributed by atoms with Crippen molar-refractivity contribution in [3.63, 3.8) is 0 Å². The lowest BCUT2D eigenvalue weighted by atomic mass is 9.96. The van der Waals surface area contributed by atoms with E-state index in [-0.39, 0.29) is 11.7 Å². The molecule has 0 saturated heterocycles. The van der Waals surface area contributed by atoms with Crippen molar-refractivity contribution < 1.29 is 9.90 Å². The summed E-state index contributed by atoms with van der Waals surface area (Å²) < 4.78 is 0. The number of halogens is 2. The van der Waals surface area contributed by atoms with Crippen LogP contribution in [-0.2, 0) is 6.54 Å². The fourth-order valence-electron chi connectivity index (χ4n) is 2.34. The lowest BCUT2D eigenvalue weighted by Gasteiger charge is -2.11. The zero-order chi connectivity index (χ0) is 14.4. The summed E-state index contributed by atoms with van der Waals surface area (Å²) in [4.78, 5) is 11.7. The number of phenolic OH excluding ortho intramolecular Hbond substituents is 1. The third kappa shape index (κ3) is 1.88. The molecule has 0 bridgehead atoms. The Balaban J connectivity index is 2.25. The maximum Gasteiger partial charge on any atom is 0.255 e. The van der Waals surface area contributed by atoms with Gasteiger partial charge in [0.2, 0.25) is 0 Å². The number of phenols is 1. The van der Waals surface area contributed by atoms with Gasteiger partial charge in [-0.3, -0.25) is 4.79 Å². The predicted molar refractivity (Wildman–Crippen MR) is 79.1 cm³/mol. The lowest BCUT2D eigenvalue weighted by molar-refractivity contribution is 0.0963. The number of nitrogens with two attached hydrogens (primary N) is 1. The number of nitrogens with one attached hydrogen (secondary N) is 1. The van der Waals surface area contributed by atoms with E-state index in [0.29, 0.717) is 27.8 Å². The van der Waals surface area contributed by atoms with Crippen molar-refractivity contribution in [3.05, 3.63) is 45.4 Å². The molecule has 1 aliphatic heterocycles. The van der Waals surface area contributed by atoms with Crippen molar-refractivity contribution in [2.24, 2.45) is 0 Å². The first-order valence-electron chi connectivity index (χ1n) is 5.87. The molecule has 3 rings (SSSR count). The fraction of sp³-hybridized carbons (Fsp3) is 0.0714. The number of carbonyl (C=O) groups excluding carboxylic acids is 1. The highest BCUT2D eigenvalue weighted by molar-refractivity contribution is 6.39. The third-order valence-electron chi connectivity index (χ3n) is 3.33. The Hall–Kier alpha value is -1.91. The van der Waals surface area contributed by atoms with Gasteiger partial charge >= 0.3 is 0 Å². The molecule has 0 radical (unpaired) electrons. The van der Waals surface area contributed by atoms with E-state index >= 15 is 0 Å². The average Bonchev–Trinajstić information content (AvgIpc) is 2.79. The number of rotatable bonds is 1. The molecule has 0 unspecified atom stereocenters. The predicted octanol–water partition coefficient (Wildman–Crippen LogP) is 3.19. The van der Waals surface area contributed by atoms with E-state index in [1.54, 1.807) is 18.2 Å². The van der Waals surface area contributed by atoms with Gasteiger partial charge in [-0.15, -0.1) is 0 Å². The Bertz CT molecular complexity index is 721. The summed E-state index contributed by atoms with van der Waals surface area (Å²) in [5.74, 6) is -0.321. The van der Waals surface area contributed by atoms with E-state index in [9.17, 15) is 9.90 Å². The molecule has 0 atom stereocenters. The molecule has 2 aromatic carbocycles. The number of carbonyl (C=O) groups is 1. The first-order chi connectivity index (χ1) is 9.49. The Labute approximate surface area is 125 Å². The Kier molecular flexibility index (Phi) is 3.00. The number of aromatic hydroxyl groups is 1. The highest BCUT2D eigenvalue weighted by atomic mass is 35.5. The van der Waals surface area contributed by atoms with Crippen LogP contribution in [0.25, 0.3) is 11.1 Å². The molecule has 0 aliphatic carbocycles. The molecule has 2 aromatic rings. The molecule has 6 heteroatoms. The molecular weight excluding hydrogens is 299 g/mol. The third-order valence-corrected chi connectivity index (χ3v) is 3.96. The number of hydrogen-bond acceptors (Lipinski definition) is 3. The van der Waals surface area contributed by atoms with E-state index in [2.05, 4.69) is 5.32 Å². The van der Waals surface area contributed by atoms with Crippen LogP contribution in [-0.4, -0.2) is 11.0 Å². The summed E-state index contributed by atoms with van der Waals surface area (Å²) in [6.45, 7) is 0.359. The highest BCUT2D eigenvalue weighted by Gasteiger charge is 2.26. The van der Waals surface area contributed by atoms with Crippen molar-refractivity contribution in [2.75, 3.05) is 5.73 Å². The smallest absolute Gasteiger partial charge is 0.255 e. The van der Waals surface area contributed by atoms with Gasteiger partial charge in [0.1, 0.15) is 5.75 Å². The van der Waals surface area contributed by atoms with Crippen LogP contribution in [0.1, 0.15) is 15.9 Å².